The molecule has 0 spiro atoms. The van der Waals surface area contributed by atoms with E-state index >= 15 is 0 Å². The molecule has 0 saturated carbocycles. The Kier molecular flexibility index (Phi) is 8.05. The number of sulfonamides is 2. The molecular formula is C29H26ClN3O6S2. The normalized spacial score (nSPS) is 13.1. The van der Waals surface area contributed by atoms with E-state index in [2.05, 4.69) is 10.0 Å². The lowest BCUT2D eigenvalue weighted by Crippen LogP contribution is -2.29. The van der Waals surface area contributed by atoms with Crippen molar-refractivity contribution in [3.63, 3.8) is 0 Å². The highest BCUT2D eigenvalue weighted by molar-refractivity contribution is 7.92. The zero-order valence-electron chi connectivity index (χ0n) is 21.9. The number of nitrogens with one attached hydrogen (secondary N) is 2. The maximum absolute atomic E-state index is 13.3. The van der Waals surface area contributed by atoms with Crippen LogP contribution in [0.3, 0.4) is 0 Å². The van der Waals surface area contributed by atoms with E-state index in [4.69, 9.17) is 16.3 Å². The molecule has 0 radical (unpaired) electrons. The second-order valence-electron chi connectivity index (χ2n) is 9.25. The van der Waals surface area contributed by atoms with Crippen molar-refractivity contribution in [2.24, 2.45) is 0 Å². The zero-order valence-corrected chi connectivity index (χ0v) is 24.3. The first kappa shape index (κ1) is 28.6. The van der Waals surface area contributed by atoms with Gasteiger partial charge in [0.1, 0.15) is 10.6 Å². The fourth-order valence-corrected chi connectivity index (χ4v) is 7.33. The van der Waals surface area contributed by atoms with Crippen LogP contribution in [-0.4, -0.2) is 36.4 Å². The molecule has 4 aromatic carbocycles. The van der Waals surface area contributed by atoms with Gasteiger partial charge in [-0.3, -0.25) is 9.10 Å². The number of hydrogen-bond acceptors (Lipinski definition) is 6. The van der Waals surface area contributed by atoms with Gasteiger partial charge in [-0.25, -0.2) is 21.6 Å². The lowest BCUT2D eigenvalue weighted by atomic mass is 10.1. The molecule has 1 aliphatic rings. The largest absolute Gasteiger partial charge is 0.495 e. The monoisotopic (exact) mass is 611 g/mol. The van der Waals surface area contributed by atoms with Gasteiger partial charge in [0, 0.05) is 29.4 Å². The molecular weight excluding hydrogens is 586 g/mol. The van der Waals surface area contributed by atoms with Gasteiger partial charge < -0.3 is 10.1 Å². The number of amides is 1. The summed E-state index contributed by atoms with van der Waals surface area (Å²) in [6, 6.07) is 24.1. The van der Waals surface area contributed by atoms with Crippen LogP contribution in [0.5, 0.6) is 5.75 Å². The highest BCUT2D eigenvalue weighted by Gasteiger charge is 2.31. The summed E-state index contributed by atoms with van der Waals surface area (Å²) >= 11 is 5.92. The third-order valence-electron chi connectivity index (χ3n) is 6.62. The number of carbonyl (C=O) groups is 1. The molecule has 0 saturated heterocycles. The van der Waals surface area contributed by atoms with Gasteiger partial charge in [0.2, 0.25) is 10.0 Å². The van der Waals surface area contributed by atoms with Crippen LogP contribution in [-0.2, 0) is 33.0 Å². The van der Waals surface area contributed by atoms with Crippen molar-refractivity contribution in [1.82, 2.24) is 4.72 Å². The molecule has 0 fully saturated rings. The number of fused-ring (bicyclic) bond motifs is 1. The molecule has 1 aliphatic heterocycles. The van der Waals surface area contributed by atoms with Crippen molar-refractivity contribution in [3.05, 3.63) is 113 Å². The molecule has 2 N–H and O–H groups in total. The summed E-state index contributed by atoms with van der Waals surface area (Å²) in [5.74, 6) is -0.486. The topological polar surface area (TPSA) is 122 Å². The van der Waals surface area contributed by atoms with Crippen LogP contribution in [0.4, 0.5) is 11.4 Å². The summed E-state index contributed by atoms with van der Waals surface area (Å²) in [6.45, 7) is 0.320. The molecule has 0 aromatic heterocycles. The van der Waals surface area contributed by atoms with Crippen LogP contribution in [0.2, 0.25) is 5.02 Å². The average Bonchev–Trinajstić information content (AvgIpc) is 3.41. The smallest absolute Gasteiger partial charge is 0.264 e. The molecule has 12 heteroatoms. The van der Waals surface area contributed by atoms with Crippen LogP contribution in [0.15, 0.2) is 101 Å². The first-order chi connectivity index (χ1) is 19.6. The highest BCUT2D eigenvalue weighted by atomic mass is 35.5. The molecule has 9 nitrogen and oxygen atoms in total. The number of halogens is 1. The maximum atomic E-state index is 13.3. The van der Waals surface area contributed by atoms with Gasteiger partial charge in [-0.15, -0.1) is 0 Å². The molecule has 4 aromatic rings. The van der Waals surface area contributed by atoms with Gasteiger partial charge >= 0.3 is 0 Å². The fourth-order valence-electron chi connectivity index (χ4n) is 4.49. The Hall–Kier alpha value is -3.90. The second kappa shape index (κ2) is 11.5. The number of nitrogens with zero attached hydrogens (tertiary/aromatic N) is 1. The standard InChI is InChI=1S/C29H26ClN3O6S2/c1-39-27-14-8-22(17-28(27)40(35,36)31-19-20-5-3-2-4-6-20)29(34)32-24-11-7-21-15-16-33(26(21)18-24)41(37,38)25-12-9-23(30)10-13-25/h2-14,17-18,31H,15-16,19H2,1H3,(H,32,34). The lowest BCUT2D eigenvalue weighted by Gasteiger charge is -2.20. The number of hydrogen-bond donors (Lipinski definition) is 2. The predicted molar refractivity (Wildman–Crippen MR) is 158 cm³/mol. The van der Waals surface area contributed by atoms with E-state index in [1.165, 1.54) is 53.9 Å². The van der Waals surface area contributed by atoms with Crippen LogP contribution in [0, 0.1) is 0 Å². The lowest BCUT2D eigenvalue weighted by molar-refractivity contribution is 0.102. The molecule has 212 valence electrons. The Bertz CT molecular complexity index is 1810. The van der Waals surface area contributed by atoms with Crippen LogP contribution in [0.1, 0.15) is 21.5 Å². The maximum Gasteiger partial charge on any atom is 0.264 e. The molecule has 0 unspecified atom stereocenters. The summed E-state index contributed by atoms with van der Waals surface area (Å²) < 4.78 is 62.0. The van der Waals surface area contributed by atoms with E-state index in [1.807, 2.05) is 6.07 Å². The van der Waals surface area contributed by atoms with Gasteiger partial charge in [-0.2, -0.15) is 0 Å². The van der Waals surface area contributed by atoms with Crippen molar-refractivity contribution < 1.29 is 26.4 Å². The molecule has 41 heavy (non-hydrogen) atoms. The van der Waals surface area contributed by atoms with E-state index in [1.54, 1.807) is 42.5 Å². The zero-order chi connectivity index (χ0) is 29.2. The van der Waals surface area contributed by atoms with E-state index in [-0.39, 0.29) is 34.2 Å². The van der Waals surface area contributed by atoms with E-state index in [9.17, 15) is 21.6 Å². The summed E-state index contributed by atoms with van der Waals surface area (Å²) in [6.07, 6.45) is 0.520. The average molecular weight is 612 g/mol. The van der Waals surface area contributed by atoms with Crippen LogP contribution in [0.25, 0.3) is 0 Å². The number of rotatable bonds is 9. The summed E-state index contributed by atoms with van der Waals surface area (Å²) in [5.41, 5.74) is 2.49. The van der Waals surface area contributed by atoms with Crippen molar-refractivity contribution in [1.29, 1.82) is 0 Å². The molecule has 5 rings (SSSR count). The number of carbonyl (C=O) groups excluding carboxylic acids is 1. The molecule has 0 bridgehead atoms. The van der Waals surface area contributed by atoms with Crippen LogP contribution >= 0.6 is 11.6 Å². The fraction of sp³-hybridized carbons (Fsp3) is 0.138. The summed E-state index contributed by atoms with van der Waals surface area (Å²) in [4.78, 5) is 13.1. The van der Waals surface area contributed by atoms with Crippen molar-refractivity contribution in [2.45, 2.75) is 22.8 Å². The third-order valence-corrected chi connectivity index (χ3v) is 10.1. The summed E-state index contributed by atoms with van der Waals surface area (Å²) in [7, 11) is -6.53. The van der Waals surface area contributed by atoms with Gasteiger partial charge in [-0.05, 0) is 72.1 Å². The van der Waals surface area contributed by atoms with Gasteiger partial charge in [-0.1, -0.05) is 48.0 Å². The Labute approximate surface area is 243 Å². The first-order valence-corrected chi connectivity index (χ1v) is 15.8. The number of benzene rings is 4. The Morgan fingerprint density at radius 2 is 1.66 bits per heavy atom. The molecule has 0 aliphatic carbocycles. The first-order valence-electron chi connectivity index (χ1n) is 12.5. The number of anilines is 2. The summed E-state index contributed by atoms with van der Waals surface area (Å²) in [5, 5.41) is 3.18. The van der Waals surface area contributed by atoms with Gasteiger partial charge in [0.05, 0.1) is 17.7 Å². The Morgan fingerprint density at radius 3 is 2.37 bits per heavy atom. The highest BCUT2D eigenvalue weighted by Crippen LogP contribution is 2.35. The molecule has 1 heterocycles. The van der Waals surface area contributed by atoms with Crippen molar-refractivity contribution >= 4 is 48.9 Å². The van der Waals surface area contributed by atoms with Gasteiger partial charge in [0.25, 0.3) is 15.9 Å². The third kappa shape index (κ3) is 6.08. The van der Waals surface area contributed by atoms with E-state index in [0.29, 0.717) is 22.8 Å². The quantitative estimate of drug-likeness (QED) is 0.280. The number of ether oxygens (including phenoxy) is 1. The Morgan fingerprint density at radius 1 is 0.927 bits per heavy atom. The van der Waals surface area contributed by atoms with E-state index in [0.717, 1.165) is 11.1 Å². The van der Waals surface area contributed by atoms with Crippen molar-refractivity contribution in [2.75, 3.05) is 23.3 Å². The van der Waals surface area contributed by atoms with E-state index < -0.39 is 26.0 Å². The minimum Gasteiger partial charge on any atom is -0.495 e. The second-order valence-corrected chi connectivity index (χ2v) is 13.3. The van der Waals surface area contributed by atoms with Crippen molar-refractivity contribution in [3.8, 4) is 5.75 Å². The molecule has 0 atom stereocenters. The Balaban J connectivity index is 1.38. The predicted octanol–water partition coefficient (Wildman–Crippen LogP) is 4.83. The van der Waals surface area contributed by atoms with Gasteiger partial charge in [0.15, 0.2) is 0 Å². The minimum atomic E-state index is -4.03. The molecule has 1 amide bonds. The minimum absolute atomic E-state index is 0.0628. The SMILES string of the molecule is COc1ccc(C(=O)Nc2ccc3c(c2)N(S(=O)(=O)c2ccc(Cl)cc2)CC3)cc1S(=O)(=O)NCc1ccccc1. The van der Waals surface area contributed by atoms with Crippen LogP contribution < -0.4 is 19.1 Å². The number of methoxy groups -OCH3 is 1.